The van der Waals surface area contributed by atoms with Crippen molar-refractivity contribution in [3.63, 3.8) is 0 Å². The van der Waals surface area contributed by atoms with E-state index in [9.17, 15) is 0 Å². The Hall–Kier alpha value is -1.73. The number of anilines is 2. The molecule has 2 N–H and O–H groups in total. The Morgan fingerprint density at radius 3 is 2.67 bits per heavy atom. The van der Waals surface area contributed by atoms with Crippen molar-refractivity contribution in [1.29, 1.82) is 5.26 Å². The first-order chi connectivity index (χ1) is 8.60. The molecule has 2 atom stereocenters. The van der Waals surface area contributed by atoms with Crippen molar-refractivity contribution < 1.29 is 4.74 Å². The lowest BCUT2D eigenvalue weighted by Crippen LogP contribution is -2.45. The Bertz CT molecular complexity index is 457. The fourth-order valence-electron chi connectivity index (χ4n) is 2.42. The zero-order valence-corrected chi connectivity index (χ0v) is 10.9. The van der Waals surface area contributed by atoms with Gasteiger partial charge in [0.05, 0.1) is 24.7 Å². The van der Waals surface area contributed by atoms with Gasteiger partial charge in [-0.3, -0.25) is 0 Å². The number of nitrogen functional groups attached to an aromatic ring is 1. The van der Waals surface area contributed by atoms with E-state index >= 15 is 0 Å². The molecule has 1 heterocycles. The quantitative estimate of drug-likeness (QED) is 0.809. The molecule has 1 fully saturated rings. The number of nitriles is 1. The van der Waals surface area contributed by atoms with Gasteiger partial charge >= 0.3 is 0 Å². The maximum atomic E-state index is 8.79. The molecule has 0 spiro atoms. The van der Waals surface area contributed by atoms with Crippen LogP contribution in [-0.2, 0) is 11.2 Å². The van der Waals surface area contributed by atoms with E-state index in [0.717, 1.165) is 24.3 Å². The van der Waals surface area contributed by atoms with Gasteiger partial charge in [0.1, 0.15) is 0 Å². The van der Waals surface area contributed by atoms with Crippen LogP contribution in [0.1, 0.15) is 19.4 Å². The summed E-state index contributed by atoms with van der Waals surface area (Å²) in [5, 5.41) is 8.79. The van der Waals surface area contributed by atoms with Gasteiger partial charge in [-0.2, -0.15) is 5.26 Å². The van der Waals surface area contributed by atoms with Crippen LogP contribution in [0.2, 0.25) is 0 Å². The van der Waals surface area contributed by atoms with Crippen LogP contribution in [-0.4, -0.2) is 25.3 Å². The molecule has 96 valence electrons. The lowest BCUT2D eigenvalue weighted by atomic mass is 10.1. The van der Waals surface area contributed by atoms with E-state index in [2.05, 4.69) is 24.8 Å². The molecule has 1 aromatic carbocycles. The average molecular weight is 245 g/mol. The molecule has 4 heteroatoms. The molecule has 1 aliphatic heterocycles. The van der Waals surface area contributed by atoms with Crippen molar-refractivity contribution in [2.45, 2.75) is 32.5 Å². The van der Waals surface area contributed by atoms with Gasteiger partial charge in [0, 0.05) is 24.5 Å². The van der Waals surface area contributed by atoms with Crippen LogP contribution in [0.15, 0.2) is 18.2 Å². The second-order valence-electron chi connectivity index (χ2n) is 4.88. The van der Waals surface area contributed by atoms with E-state index in [-0.39, 0.29) is 12.2 Å². The molecule has 0 unspecified atom stereocenters. The van der Waals surface area contributed by atoms with Gasteiger partial charge in [0.15, 0.2) is 0 Å². The summed E-state index contributed by atoms with van der Waals surface area (Å²) in [6.45, 7) is 5.91. The summed E-state index contributed by atoms with van der Waals surface area (Å²) in [5.74, 6) is 0. The molecule has 18 heavy (non-hydrogen) atoms. The first-order valence-corrected chi connectivity index (χ1v) is 6.26. The molecule has 1 aliphatic rings. The minimum Gasteiger partial charge on any atom is -0.398 e. The van der Waals surface area contributed by atoms with Crippen LogP contribution < -0.4 is 10.6 Å². The fourth-order valence-corrected chi connectivity index (χ4v) is 2.42. The molecule has 0 amide bonds. The van der Waals surface area contributed by atoms with Gasteiger partial charge in [-0.1, -0.05) is 0 Å². The molecular weight excluding hydrogens is 226 g/mol. The van der Waals surface area contributed by atoms with Crippen LogP contribution >= 0.6 is 0 Å². The van der Waals surface area contributed by atoms with Crippen molar-refractivity contribution >= 4 is 11.4 Å². The molecular formula is C14H19N3O. The highest BCUT2D eigenvalue weighted by Gasteiger charge is 2.22. The SMILES string of the molecule is C[C@@H]1CN(c2ccc(N)c(CC#N)c2)C[C@H](C)O1. The van der Waals surface area contributed by atoms with Crippen molar-refractivity contribution in [3.8, 4) is 6.07 Å². The lowest BCUT2D eigenvalue weighted by molar-refractivity contribution is -0.00521. The van der Waals surface area contributed by atoms with Crippen molar-refractivity contribution in [2.24, 2.45) is 0 Å². The Morgan fingerprint density at radius 2 is 2.06 bits per heavy atom. The highest BCUT2D eigenvalue weighted by molar-refractivity contribution is 5.59. The van der Waals surface area contributed by atoms with E-state index in [1.54, 1.807) is 0 Å². The third-order valence-corrected chi connectivity index (χ3v) is 3.18. The Labute approximate surface area is 108 Å². The van der Waals surface area contributed by atoms with Gasteiger partial charge in [-0.15, -0.1) is 0 Å². The number of hydrogen-bond acceptors (Lipinski definition) is 4. The van der Waals surface area contributed by atoms with Crippen LogP contribution in [0.5, 0.6) is 0 Å². The largest absolute Gasteiger partial charge is 0.398 e. The zero-order chi connectivity index (χ0) is 13.1. The predicted octanol–water partition coefficient (Wildman–Crippen LogP) is 1.95. The Kier molecular flexibility index (Phi) is 3.73. The summed E-state index contributed by atoms with van der Waals surface area (Å²) in [5.41, 5.74) is 8.58. The van der Waals surface area contributed by atoms with Crippen LogP contribution in [0.4, 0.5) is 11.4 Å². The van der Waals surface area contributed by atoms with E-state index < -0.39 is 0 Å². The van der Waals surface area contributed by atoms with Gasteiger partial charge in [0.2, 0.25) is 0 Å². The van der Waals surface area contributed by atoms with Gasteiger partial charge in [-0.05, 0) is 37.6 Å². The number of benzene rings is 1. The van der Waals surface area contributed by atoms with Crippen LogP contribution in [0.25, 0.3) is 0 Å². The van der Waals surface area contributed by atoms with Gasteiger partial charge in [-0.25, -0.2) is 0 Å². The molecule has 0 saturated carbocycles. The molecule has 1 aromatic rings. The van der Waals surface area contributed by atoms with Crippen molar-refractivity contribution in [3.05, 3.63) is 23.8 Å². The molecule has 4 nitrogen and oxygen atoms in total. The maximum Gasteiger partial charge on any atom is 0.0726 e. The van der Waals surface area contributed by atoms with Crippen LogP contribution in [0.3, 0.4) is 0 Å². The lowest BCUT2D eigenvalue weighted by Gasteiger charge is -2.37. The number of morpholine rings is 1. The second kappa shape index (κ2) is 5.28. The third kappa shape index (κ3) is 2.74. The van der Waals surface area contributed by atoms with Crippen LogP contribution in [0, 0.1) is 11.3 Å². The molecule has 0 aromatic heterocycles. The summed E-state index contributed by atoms with van der Waals surface area (Å²) in [4.78, 5) is 2.29. The van der Waals surface area contributed by atoms with E-state index in [1.807, 2.05) is 18.2 Å². The second-order valence-corrected chi connectivity index (χ2v) is 4.88. The van der Waals surface area contributed by atoms with Gasteiger partial charge < -0.3 is 15.4 Å². The van der Waals surface area contributed by atoms with E-state index in [4.69, 9.17) is 15.7 Å². The number of nitrogens with zero attached hydrogens (tertiary/aromatic N) is 2. The summed E-state index contributed by atoms with van der Waals surface area (Å²) >= 11 is 0. The monoisotopic (exact) mass is 245 g/mol. The normalized spacial score (nSPS) is 23.7. The smallest absolute Gasteiger partial charge is 0.0726 e. The van der Waals surface area contributed by atoms with Crippen molar-refractivity contribution in [2.75, 3.05) is 23.7 Å². The topological polar surface area (TPSA) is 62.3 Å². The van der Waals surface area contributed by atoms with E-state index in [0.29, 0.717) is 12.1 Å². The number of nitrogens with two attached hydrogens (primary N) is 1. The first-order valence-electron chi connectivity index (χ1n) is 6.26. The Balaban J connectivity index is 2.22. The van der Waals surface area contributed by atoms with Gasteiger partial charge in [0.25, 0.3) is 0 Å². The third-order valence-electron chi connectivity index (χ3n) is 3.18. The highest BCUT2D eigenvalue weighted by atomic mass is 16.5. The summed E-state index contributed by atoms with van der Waals surface area (Å²) in [7, 11) is 0. The fraction of sp³-hybridized carbons (Fsp3) is 0.500. The molecule has 1 saturated heterocycles. The maximum absolute atomic E-state index is 8.79. The predicted molar refractivity (Wildman–Crippen MR) is 72.4 cm³/mol. The average Bonchev–Trinajstić information content (AvgIpc) is 2.31. The molecule has 0 radical (unpaired) electrons. The van der Waals surface area contributed by atoms with E-state index in [1.165, 1.54) is 0 Å². The number of ether oxygens (including phenoxy) is 1. The molecule has 0 aliphatic carbocycles. The minimum atomic E-state index is 0.228. The zero-order valence-electron chi connectivity index (χ0n) is 10.9. The first kappa shape index (κ1) is 12.7. The molecule has 0 bridgehead atoms. The Morgan fingerprint density at radius 1 is 1.39 bits per heavy atom. The minimum absolute atomic E-state index is 0.228. The standard InChI is InChI=1S/C14H19N3O/c1-10-8-17(9-11(2)18-10)13-3-4-14(16)12(7-13)5-6-15/h3-4,7,10-11H,5,8-9,16H2,1-2H3/t10-,11+. The summed E-state index contributed by atoms with van der Waals surface area (Å²) in [6.07, 6.45) is 0.811. The summed E-state index contributed by atoms with van der Waals surface area (Å²) in [6, 6.07) is 8.06. The number of rotatable bonds is 2. The summed E-state index contributed by atoms with van der Waals surface area (Å²) < 4.78 is 5.72. The molecule has 2 rings (SSSR count). The number of hydrogen-bond donors (Lipinski definition) is 1. The van der Waals surface area contributed by atoms with Crippen molar-refractivity contribution in [1.82, 2.24) is 0 Å². The highest BCUT2D eigenvalue weighted by Crippen LogP contribution is 2.24.